The van der Waals surface area contributed by atoms with Gasteiger partial charge in [0.05, 0.1) is 11.0 Å². The molecule has 0 aliphatic rings. The Kier molecular flexibility index (Phi) is 2.11. The third-order valence-corrected chi connectivity index (χ3v) is 2.42. The summed E-state index contributed by atoms with van der Waals surface area (Å²) in [4.78, 5) is 8.64. The minimum Gasteiger partial charge on any atom is -0.384 e. The number of hydrogen-bond acceptors (Lipinski definition) is 3. The molecule has 0 bridgehead atoms. The van der Waals surface area contributed by atoms with Crippen LogP contribution >= 0.6 is 0 Å². The van der Waals surface area contributed by atoms with Gasteiger partial charge in [-0.1, -0.05) is 20.8 Å². The topological polar surface area (TPSA) is 51.8 Å². The second kappa shape index (κ2) is 3.19. The molecular formula is C12H15N3. The summed E-state index contributed by atoms with van der Waals surface area (Å²) in [6, 6.07) is 5.72. The van der Waals surface area contributed by atoms with E-state index in [9.17, 15) is 0 Å². The molecular weight excluding hydrogens is 186 g/mol. The molecule has 2 rings (SSSR count). The fourth-order valence-corrected chi connectivity index (χ4v) is 1.43. The minimum absolute atomic E-state index is 0.0907. The molecule has 0 aromatic carbocycles. The van der Waals surface area contributed by atoms with Crippen LogP contribution in [0.5, 0.6) is 0 Å². The molecule has 0 fully saturated rings. The molecule has 0 saturated heterocycles. The Morgan fingerprint density at radius 3 is 2.53 bits per heavy atom. The number of anilines is 1. The molecule has 0 atom stereocenters. The van der Waals surface area contributed by atoms with E-state index in [2.05, 4.69) is 36.8 Å². The zero-order valence-electron chi connectivity index (χ0n) is 9.28. The lowest BCUT2D eigenvalue weighted by Gasteiger charge is -2.18. The standard InChI is InChI=1S/C12H15N3/c1-12(2,3)8-6-10-9(14-7-8)4-5-11(13)15-10/h4-7H,1-3H3,(H2,13,15). The van der Waals surface area contributed by atoms with Gasteiger partial charge in [-0.2, -0.15) is 0 Å². The van der Waals surface area contributed by atoms with Gasteiger partial charge in [0.25, 0.3) is 0 Å². The normalized spacial score (nSPS) is 11.9. The van der Waals surface area contributed by atoms with Gasteiger partial charge in [0.2, 0.25) is 0 Å². The van der Waals surface area contributed by atoms with Crippen molar-refractivity contribution in [2.24, 2.45) is 0 Å². The fourth-order valence-electron chi connectivity index (χ4n) is 1.43. The quantitative estimate of drug-likeness (QED) is 0.712. The average molecular weight is 201 g/mol. The predicted octanol–water partition coefficient (Wildman–Crippen LogP) is 2.51. The first-order chi connectivity index (χ1) is 6.97. The van der Waals surface area contributed by atoms with Crippen molar-refractivity contribution in [2.75, 3.05) is 5.73 Å². The molecule has 0 spiro atoms. The Balaban J connectivity index is 2.64. The lowest BCUT2D eigenvalue weighted by molar-refractivity contribution is 0.588. The highest BCUT2D eigenvalue weighted by atomic mass is 14.8. The Bertz CT molecular complexity index is 498. The molecule has 0 saturated carbocycles. The summed E-state index contributed by atoms with van der Waals surface area (Å²) in [5, 5.41) is 0. The van der Waals surface area contributed by atoms with Crippen molar-refractivity contribution in [2.45, 2.75) is 26.2 Å². The highest BCUT2D eigenvalue weighted by Crippen LogP contribution is 2.23. The number of pyridine rings is 2. The first-order valence-corrected chi connectivity index (χ1v) is 4.99. The van der Waals surface area contributed by atoms with Crippen LogP contribution in [0.3, 0.4) is 0 Å². The molecule has 2 N–H and O–H groups in total. The van der Waals surface area contributed by atoms with Gasteiger partial charge in [-0.05, 0) is 29.2 Å². The predicted molar refractivity (Wildman–Crippen MR) is 62.7 cm³/mol. The van der Waals surface area contributed by atoms with Gasteiger partial charge in [-0.3, -0.25) is 4.98 Å². The maximum atomic E-state index is 5.64. The third-order valence-electron chi connectivity index (χ3n) is 2.42. The second-order valence-corrected chi connectivity index (χ2v) is 4.75. The largest absolute Gasteiger partial charge is 0.384 e. The SMILES string of the molecule is CC(C)(C)c1cnc2ccc(N)nc2c1. The zero-order valence-corrected chi connectivity index (χ0v) is 9.28. The van der Waals surface area contributed by atoms with Crippen molar-refractivity contribution in [3.05, 3.63) is 30.0 Å². The summed E-state index contributed by atoms with van der Waals surface area (Å²) in [6.07, 6.45) is 1.90. The molecule has 3 heteroatoms. The van der Waals surface area contributed by atoms with Crippen molar-refractivity contribution in [3.63, 3.8) is 0 Å². The van der Waals surface area contributed by atoms with E-state index in [0.29, 0.717) is 5.82 Å². The van der Waals surface area contributed by atoms with Gasteiger partial charge in [-0.25, -0.2) is 4.98 Å². The van der Waals surface area contributed by atoms with Crippen LogP contribution in [0, 0.1) is 0 Å². The van der Waals surface area contributed by atoms with Gasteiger partial charge >= 0.3 is 0 Å². The Hall–Kier alpha value is -1.64. The number of rotatable bonds is 0. The van der Waals surface area contributed by atoms with Gasteiger partial charge in [-0.15, -0.1) is 0 Å². The van der Waals surface area contributed by atoms with E-state index >= 15 is 0 Å². The highest BCUT2D eigenvalue weighted by molar-refractivity contribution is 5.76. The van der Waals surface area contributed by atoms with Gasteiger partial charge in [0.15, 0.2) is 0 Å². The van der Waals surface area contributed by atoms with Crippen LogP contribution in [0.15, 0.2) is 24.4 Å². The van der Waals surface area contributed by atoms with Crippen molar-refractivity contribution in [1.29, 1.82) is 0 Å². The molecule has 0 unspecified atom stereocenters. The summed E-state index contributed by atoms with van der Waals surface area (Å²) in [6.45, 7) is 6.46. The van der Waals surface area contributed by atoms with Crippen LogP contribution in [0.4, 0.5) is 5.82 Å². The molecule has 15 heavy (non-hydrogen) atoms. The summed E-state index contributed by atoms with van der Waals surface area (Å²) < 4.78 is 0. The van der Waals surface area contributed by atoms with E-state index in [1.807, 2.05) is 12.3 Å². The summed E-state index contributed by atoms with van der Waals surface area (Å²) >= 11 is 0. The van der Waals surface area contributed by atoms with Crippen LogP contribution in [-0.2, 0) is 5.41 Å². The molecule has 3 nitrogen and oxygen atoms in total. The van der Waals surface area contributed by atoms with Crippen LogP contribution in [0.2, 0.25) is 0 Å². The number of aromatic nitrogens is 2. The first-order valence-electron chi connectivity index (χ1n) is 4.99. The van der Waals surface area contributed by atoms with Crippen LogP contribution in [0.1, 0.15) is 26.3 Å². The smallest absolute Gasteiger partial charge is 0.124 e. The van der Waals surface area contributed by atoms with Crippen molar-refractivity contribution >= 4 is 16.9 Å². The molecule has 0 amide bonds. The Morgan fingerprint density at radius 1 is 1.13 bits per heavy atom. The number of nitrogen functional groups attached to an aromatic ring is 1. The number of nitrogens with zero attached hydrogens (tertiary/aromatic N) is 2. The van der Waals surface area contributed by atoms with E-state index in [1.165, 1.54) is 5.56 Å². The van der Waals surface area contributed by atoms with E-state index < -0.39 is 0 Å². The molecule has 2 heterocycles. The monoisotopic (exact) mass is 201 g/mol. The van der Waals surface area contributed by atoms with E-state index in [1.54, 1.807) is 6.07 Å². The second-order valence-electron chi connectivity index (χ2n) is 4.75. The van der Waals surface area contributed by atoms with Gasteiger partial charge < -0.3 is 5.73 Å². The molecule has 2 aromatic rings. The number of nitrogens with two attached hydrogens (primary N) is 1. The number of fused-ring (bicyclic) bond motifs is 1. The lowest BCUT2D eigenvalue weighted by atomic mass is 9.88. The summed E-state index contributed by atoms with van der Waals surface area (Å²) in [5.41, 5.74) is 8.66. The molecule has 2 aromatic heterocycles. The molecule has 78 valence electrons. The first kappa shape index (κ1) is 9.90. The van der Waals surface area contributed by atoms with E-state index in [0.717, 1.165) is 11.0 Å². The third kappa shape index (κ3) is 1.91. The van der Waals surface area contributed by atoms with E-state index in [4.69, 9.17) is 5.73 Å². The maximum absolute atomic E-state index is 5.64. The zero-order chi connectivity index (χ0) is 11.1. The van der Waals surface area contributed by atoms with Crippen LogP contribution in [-0.4, -0.2) is 9.97 Å². The van der Waals surface area contributed by atoms with Crippen molar-refractivity contribution < 1.29 is 0 Å². The molecule has 0 aliphatic carbocycles. The van der Waals surface area contributed by atoms with Crippen molar-refractivity contribution in [3.8, 4) is 0 Å². The van der Waals surface area contributed by atoms with Crippen molar-refractivity contribution in [1.82, 2.24) is 9.97 Å². The average Bonchev–Trinajstić information content (AvgIpc) is 2.15. The summed E-state index contributed by atoms with van der Waals surface area (Å²) in [5.74, 6) is 0.537. The fraction of sp³-hybridized carbons (Fsp3) is 0.333. The Morgan fingerprint density at radius 2 is 1.87 bits per heavy atom. The van der Waals surface area contributed by atoms with Gasteiger partial charge in [0, 0.05) is 6.20 Å². The minimum atomic E-state index is 0.0907. The molecule has 0 aliphatic heterocycles. The maximum Gasteiger partial charge on any atom is 0.124 e. The van der Waals surface area contributed by atoms with E-state index in [-0.39, 0.29) is 5.41 Å². The molecule has 0 radical (unpaired) electrons. The number of hydrogen-bond donors (Lipinski definition) is 1. The summed E-state index contributed by atoms with van der Waals surface area (Å²) in [7, 11) is 0. The van der Waals surface area contributed by atoms with Crippen LogP contribution < -0.4 is 5.73 Å². The van der Waals surface area contributed by atoms with Crippen LogP contribution in [0.25, 0.3) is 11.0 Å². The highest BCUT2D eigenvalue weighted by Gasteiger charge is 2.14. The Labute approximate surface area is 89.4 Å². The van der Waals surface area contributed by atoms with Gasteiger partial charge in [0.1, 0.15) is 5.82 Å². The lowest BCUT2D eigenvalue weighted by Crippen LogP contribution is -2.11.